The molecule has 0 radical (unpaired) electrons. The van der Waals surface area contributed by atoms with Crippen molar-refractivity contribution in [1.82, 2.24) is 25.1 Å². The standard InChI is InChI=1S/C24H24FN5O3S/c1-26-24(31)32-13-5-6-17-10-11-19(14-21(17)25)33-16-22-28-29-23(34-20-8-2-3-9-20)30(22)18-7-4-12-27-15-18/h4,7,10-12,14-15,20H,2-3,8-9,13,16H2,1H3,(H,26,31)/i2D2,3D2,8D2,9D2,20D. The summed E-state index contributed by atoms with van der Waals surface area (Å²) in [6.45, 7) is -0.584. The maximum atomic E-state index is 14.6. The molecule has 0 unspecified atom stereocenters. The first kappa shape index (κ1) is 14.6. The number of hydrogen-bond donors (Lipinski definition) is 1. The van der Waals surface area contributed by atoms with Gasteiger partial charge in [-0.2, -0.15) is 0 Å². The zero-order valence-electron chi connectivity index (χ0n) is 26.8. The number of ether oxygens (including phenoxy) is 2. The van der Waals surface area contributed by atoms with Crippen LogP contribution in [0.5, 0.6) is 5.75 Å². The quantitative estimate of drug-likeness (QED) is 0.498. The lowest BCUT2D eigenvalue weighted by molar-refractivity contribution is 0.162. The van der Waals surface area contributed by atoms with Crippen molar-refractivity contribution >= 4 is 17.9 Å². The fraction of sp³-hybridized carbons (Fsp3) is 0.333. The van der Waals surface area contributed by atoms with Crippen LogP contribution in [0.4, 0.5) is 9.18 Å². The highest BCUT2D eigenvalue weighted by atomic mass is 32.2. The minimum Gasteiger partial charge on any atom is -0.485 e. The van der Waals surface area contributed by atoms with Crippen LogP contribution in [0.2, 0.25) is 0 Å². The van der Waals surface area contributed by atoms with Gasteiger partial charge in [0.05, 0.1) is 17.4 Å². The molecule has 1 amide bonds. The Bertz CT molecular complexity index is 1560. The van der Waals surface area contributed by atoms with Crippen LogP contribution in [0.15, 0.2) is 47.9 Å². The summed E-state index contributed by atoms with van der Waals surface area (Å²) in [5, 5.41) is 6.94. The molecule has 176 valence electrons. The Balaban J connectivity index is 1.63. The molecule has 8 nitrogen and oxygen atoms in total. The molecule has 1 fully saturated rings. The molecule has 1 aromatic carbocycles. The summed E-state index contributed by atoms with van der Waals surface area (Å²) in [6.07, 6.45) is -11.2. The number of amides is 1. The predicted octanol–water partition coefficient (Wildman–Crippen LogP) is 4.12. The first-order chi connectivity index (χ1) is 20.0. The van der Waals surface area contributed by atoms with Gasteiger partial charge in [0.25, 0.3) is 0 Å². The third-order valence-corrected chi connectivity index (χ3v) is 5.08. The minimum atomic E-state index is -3.37. The van der Waals surface area contributed by atoms with Gasteiger partial charge >= 0.3 is 6.09 Å². The summed E-state index contributed by atoms with van der Waals surface area (Å²) in [7, 11) is 1.38. The molecule has 0 aliphatic heterocycles. The number of aromatic nitrogens is 4. The molecule has 10 heteroatoms. The van der Waals surface area contributed by atoms with Crippen LogP contribution < -0.4 is 10.1 Å². The van der Waals surface area contributed by atoms with Crippen LogP contribution in [0.25, 0.3) is 5.69 Å². The number of benzene rings is 1. The SMILES string of the molecule is [2H]C1([2H])C([2H])([2H])C([2H])([2H])C([2H])(Sc2nnc(COc3ccc(C#CCOC(=O)NC)c(F)c3)n2-c2cccnc2)C1([2H])[2H]. The van der Waals surface area contributed by atoms with Crippen molar-refractivity contribution in [3.8, 4) is 23.3 Å². The largest absolute Gasteiger partial charge is 0.485 e. The molecule has 0 spiro atoms. The molecule has 0 bridgehead atoms. The Kier molecular flexibility index (Phi) is 4.96. The van der Waals surface area contributed by atoms with Gasteiger partial charge in [0.1, 0.15) is 18.2 Å². The van der Waals surface area contributed by atoms with Crippen LogP contribution in [0.1, 0.15) is 49.2 Å². The third kappa shape index (κ3) is 6.05. The van der Waals surface area contributed by atoms with E-state index in [9.17, 15) is 9.18 Å². The minimum absolute atomic E-state index is 0.0191. The fourth-order valence-corrected chi connectivity index (χ4v) is 3.47. The Morgan fingerprint density at radius 3 is 2.97 bits per heavy atom. The van der Waals surface area contributed by atoms with E-state index in [1.54, 1.807) is 12.1 Å². The lowest BCUT2D eigenvalue weighted by atomic mass is 10.2. The van der Waals surface area contributed by atoms with Gasteiger partial charge in [0.2, 0.25) is 0 Å². The third-order valence-electron chi connectivity index (χ3n) is 4.22. The lowest BCUT2D eigenvalue weighted by Gasteiger charge is -2.13. The Morgan fingerprint density at radius 2 is 2.24 bits per heavy atom. The molecule has 3 aromatic rings. The van der Waals surface area contributed by atoms with Crippen molar-refractivity contribution < 1.29 is 31.0 Å². The maximum absolute atomic E-state index is 14.6. The van der Waals surface area contributed by atoms with Crippen molar-refractivity contribution in [1.29, 1.82) is 0 Å². The average molecular weight is 491 g/mol. The zero-order valence-corrected chi connectivity index (χ0v) is 18.6. The van der Waals surface area contributed by atoms with Gasteiger partial charge in [-0.1, -0.05) is 36.3 Å². The van der Waals surface area contributed by atoms with E-state index in [-0.39, 0.29) is 47.3 Å². The fourth-order valence-electron chi connectivity index (χ4n) is 2.69. The number of hydrogen-bond acceptors (Lipinski definition) is 7. The van der Waals surface area contributed by atoms with Crippen LogP contribution in [0.3, 0.4) is 0 Å². The van der Waals surface area contributed by atoms with Crippen LogP contribution in [-0.4, -0.2) is 44.7 Å². The number of thioether (sulfide) groups is 1. The molecule has 0 atom stereocenters. The number of carbonyl (C=O) groups excluding carboxylic acids is 1. The average Bonchev–Trinajstić information content (AvgIpc) is 3.37. The van der Waals surface area contributed by atoms with Crippen LogP contribution in [-0.2, 0) is 11.3 Å². The van der Waals surface area contributed by atoms with E-state index in [0.29, 0.717) is 5.69 Å². The second-order valence-electron chi connectivity index (χ2n) is 6.43. The van der Waals surface area contributed by atoms with Crippen LogP contribution >= 0.6 is 11.8 Å². The summed E-state index contributed by atoms with van der Waals surface area (Å²) in [6, 6.07) is 6.97. The number of nitrogens with one attached hydrogen (secondary N) is 1. The number of halogens is 1. The highest BCUT2D eigenvalue weighted by Crippen LogP contribution is 2.35. The molecule has 1 aliphatic rings. The number of nitrogens with zero attached hydrogens (tertiary/aromatic N) is 4. The number of alkyl carbamates (subject to hydrolysis) is 1. The normalized spacial score (nSPS) is 24.0. The molecule has 0 saturated heterocycles. The Hall–Kier alpha value is -3.58. The molecule has 2 heterocycles. The molecule has 1 N–H and O–H groups in total. The van der Waals surface area contributed by atoms with E-state index in [1.165, 1.54) is 36.1 Å². The predicted molar refractivity (Wildman–Crippen MR) is 125 cm³/mol. The summed E-state index contributed by atoms with van der Waals surface area (Å²) in [5.74, 6) is 4.45. The van der Waals surface area contributed by atoms with E-state index in [0.717, 1.165) is 6.07 Å². The summed E-state index contributed by atoms with van der Waals surface area (Å²) in [5.41, 5.74) is 0.323. The summed E-state index contributed by atoms with van der Waals surface area (Å²) >= 11 is 0.185. The molecule has 34 heavy (non-hydrogen) atoms. The second kappa shape index (κ2) is 11.5. The molecule has 2 aromatic heterocycles. The molecular weight excluding hydrogens is 457 g/mol. The van der Waals surface area contributed by atoms with Crippen LogP contribution in [0, 0.1) is 17.7 Å². The van der Waals surface area contributed by atoms with Gasteiger partial charge < -0.3 is 14.8 Å². The highest BCUT2D eigenvalue weighted by molar-refractivity contribution is 7.99. The van der Waals surface area contributed by atoms with E-state index < -0.39 is 42.6 Å². The lowest BCUT2D eigenvalue weighted by Crippen LogP contribution is -2.19. The number of carbonyl (C=O) groups is 1. The van der Waals surface area contributed by atoms with Gasteiger partial charge in [-0.15, -0.1) is 10.2 Å². The highest BCUT2D eigenvalue weighted by Gasteiger charge is 2.22. The first-order valence-corrected chi connectivity index (χ1v) is 10.6. The summed E-state index contributed by atoms with van der Waals surface area (Å²) < 4.78 is 101. The van der Waals surface area contributed by atoms with Gasteiger partial charge in [-0.25, -0.2) is 9.18 Å². The van der Waals surface area contributed by atoms with Gasteiger partial charge in [-0.05, 0) is 37.0 Å². The zero-order chi connectivity index (χ0) is 31.8. The molecule has 4 rings (SSSR count). The molecule has 1 saturated carbocycles. The smallest absolute Gasteiger partial charge is 0.407 e. The second-order valence-corrected chi connectivity index (χ2v) is 7.41. The monoisotopic (exact) mass is 490 g/mol. The number of rotatable bonds is 7. The molecule has 1 aliphatic carbocycles. The first-order valence-electron chi connectivity index (χ1n) is 14.3. The van der Waals surface area contributed by atoms with Crippen molar-refractivity contribution in [2.75, 3.05) is 13.7 Å². The Morgan fingerprint density at radius 1 is 1.38 bits per heavy atom. The van der Waals surface area contributed by atoms with Crippen molar-refractivity contribution in [2.45, 2.75) is 42.5 Å². The van der Waals surface area contributed by atoms with E-state index >= 15 is 0 Å². The van der Waals surface area contributed by atoms with E-state index in [4.69, 9.17) is 21.8 Å². The number of pyridine rings is 1. The van der Waals surface area contributed by atoms with Gasteiger partial charge in [0, 0.05) is 36.9 Å². The topological polar surface area (TPSA) is 91.2 Å². The van der Waals surface area contributed by atoms with E-state index in [2.05, 4.69) is 32.3 Å². The van der Waals surface area contributed by atoms with Gasteiger partial charge in [-0.3, -0.25) is 9.55 Å². The summed E-state index contributed by atoms with van der Waals surface area (Å²) in [4.78, 5) is 15.1. The van der Waals surface area contributed by atoms with E-state index in [1.807, 2.05) is 0 Å². The Labute approximate surface area is 213 Å². The van der Waals surface area contributed by atoms with Gasteiger partial charge in [0.15, 0.2) is 17.6 Å². The van der Waals surface area contributed by atoms with Crippen molar-refractivity contribution in [2.24, 2.45) is 0 Å². The van der Waals surface area contributed by atoms with Crippen molar-refractivity contribution in [3.05, 3.63) is 59.9 Å². The molecular formula is C24H24FN5O3S. The van der Waals surface area contributed by atoms with Crippen molar-refractivity contribution in [3.63, 3.8) is 0 Å². The maximum Gasteiger partial charge on any atom is 0.407 e.